The van der Waals surface area contributed by atoms with E-state index >= 15 is 0 Å². The standard InChI is InChI=1S/C14H19N3O3S/c1-3-11-4-6-12(7-5-11)8-15-21(19,20)14-13(9-18)10(2)16-17-14/h4-7,15,18H,3,8-9H2,1-2H3,(H,16,17). The molecule has 2 rings (SSSR count). The largest absolute Gasteiger partial charge is 0.392 e. The first-order chi connectivity index (χ1) is 9.97. The summed E-state index contributed by atoms with van der Waals surface area (Å²) >= 11 is 0. The lowest BCUT2D eigenvalue weighted by Crippen LogP contribution is -2.24. The minimum Gasteiger partial charge on any atom is -0.392 e. The molecule has 1 aromatic carbocycles. The van der Waals surface area contributed by atoms with Crippen LogP contribution < -0.4 is 4.72 Å². The number of hydrogen-bond donors (Lipinski definition) is 3. The first kappa shape index (κ1) is 15.7. The van der Waals surface area contributed by atoms with Crippen molar-refractivity contribution in [2.45, 2.75) is 38.4 Å². The maximum absolute atomic E-state index is 12.2. The summed E-state index contributed by atoms with van der Waals surface area (Å²) in [5.41, 5.74) is 2.91. The number of H-pyrrole nitrogens is 1. The fourth-order valence-corrected chi connectivity index (χ4v) is 3.18. The first-order valence-electron chi connectivity index (χ1n) is 6.70. The van der Waals surface area contributed by atoms with Gasteiger partial charge in [0.1, 0.15) is 0 Å². The molecule has 1 aromatic heterocycles. The van der Waals surface area contributed by atoms with Crippen LogP contribution in [0.15, 0.2) is 29.3 Å². The van der Waals surface area contributed by atoms with Gasteiger partial charge < -0.3 is 5.11 Å². The summed E-state index contributed by atoms with van der Waals surface area (Å²) in [7, 11) is -3.75. The minimum absolute atomic E-state index is 0.146. The Morgan fingerprint density at radius 3 is 2.43 bits per heavy atom. The summed E-state index contributed by atoms with van der Waals surface area (Å²) in [6, 6.07) is 7.73. The predicted molar refractivity (Wildman–Crippen MR) is 79.1 cm³/mol. The van der Waals surface area contributed by atoms with Gasteiger partial charge in [0.25, 0.3) is 10.0 Å². The van der Waals surface area contributed by atoms with Crippen molar-refractivity contribution in [2.75, 3.05) is 0 Å². The number of sulfonamides is 1. The summed E-state index contributed by atoms with van der Waals surface area (Å²) in [6.45, 7) is 3.54. The van der Waals surface area contributed by atoms with E-state index in [1.54, 1.807) is 6.92 Å². The van der Waals surface area contributed by atoms with Crippen LogP contribution in [-0.4, -0.2) is 23.7 Å². The summed E-state index contributed by atoms with van der Waals surface area (Å²) in [5.74, 6) is 0. The Morgan fingerprint density at radius 2 is 1.86 bits per heavy atom. The fourth-order valence-electron chi connectivity index (χ4n) is 1.98. The molecule has 0 saturated heterocycles. The van der Waals surface area contributed by atoms with Gasteiger partial charge >= 0.3 is 0 Å². The number of aromatic nitrogens is 2. The number of aliphatic hydroxyl groups is 1. The van der Waals surface area contributed by atoms with Crippen LogP contribution in [0.5, 0.6) is 0 Å². The van der Waals surface area contributed by atoms with Gasteiger partial charge in [-0.1, -0.05) is 31.2 Å². The normalized spacial score (nSPS) is 11.8. The Hall–Kier alpha value is -1.70. The average molecular weight is 309 g/mol. The zero-order valence-corrected chi connectivity index (χ0v) is 12.9. The maximum atomic E-state index is 12.2. The number of nitrogens with zero attached hydrogens (tertiary/aromatic N) is 1. The quantitative estimate of drug-likeness (QED) is 0.748. The number of aliphatic hydroxyl groups excluding tert-OH is 1. The predicted octanol–water partition coefficient (Wildman–Crippen LogP) is 1.25. The van der Waals surface area contributed by atoms with Crippen molar-refractivity contribution in [1.82, 2.24) is 14.9 Å². The van der Waals surface area contributed by atoms with E-state index in [9.17, 15) is 13.5 Å². The summed E-state index contributed by atoms with van der Waals surface area (Å²) in [6.07, 6.45) is 0.943. The van der Waals surface area contributed by atoms with Crippen LogP contribution in [0.25, 0.3) is 0 Å². The molecule has 0 unspecified atom stereocenters. The lowest BCUT2D eigenvalue weighted by molar-refractivity contribution is 0.277. The molecule has 3 N–H and O–H groups in total. The number of hydrogen-bond acceptors (Lipinski definition) is 4. The monoisotopic (exact) mass is 309 g/mol. The highest BCUT2D eigenvalue weighted by Gasteiger charge is 2.22. The third kappa shape index (κ3) is 3.49. The fraction of sp³-hybridized carbons (Fsp3) is 0.357. The van der Waals surface area contributed by atoms with Crippen molar-refractivity contribution in [1.29, 1.82) is 0 Å². The Balaban J connectivity index is 2.13. The van der Waals surface area contributed by atoms with Gasteiger partial charge in [-0.05, 0) is 24.5 Å². The topological polar surface area (TPSA) is 95.1 Å². The highest BCUT2D eigenvalue weighted by molar-refractivity contribution is 7.89. The van der Waals surface area contributed by atoms with Gasteiger partial charge in [-0.25, -0.2) is 13.1 Å². The van der Waals surface area contributed by atoms with E-state index in [0.29, 0.717) is 11.3 Å². The Bertz CT molecular complexity index is 706. The smallest absolute Gasteiger partial charge is 0.260 e. The second kappa shape index (κ2) is 6.38. The van der Waals surface area contributed by atoms with Crippen LogP contribution in [-0.2, 0) is 29.6 Å². The molecule has 0 aliphatic carbocycles. The molecule has 2 aromatic rings. The van der Waals surface area contributed by atoms with Gasteiger partial charge in [-0.2, -0.15) is 5.10 Å². The molecule has 1 heterocycles. The van der Waals surface area contributed by atoms with Gasteiger partial charge in [0.15, 0.2) is 5.03 Å². The van der Waals surface area contributed by atoms with Gasteiger partial charge in [0.2, 0.25) is 0 Å². The molecule has 0 amide bonds. The van der Waals surface area contributed by atoms with Gasteiger partial charge in [-0.3, -0.25) is 5.10 Å². The number of rotatable bonds is 6. The van der Waals surface area contributed by atoms with Crippen LogP contribution in [0.3, 0.4) is 0 Å². The van der Waals surface area contributed by atoms with Crippen molar-refractivity contribution in [2.24, 2.45) is 0 Å². The van der Waals surface area contributed by atoms with Crippen LogP contribution in [0, 0.1) is 6.92 Å². The molecule has 7 heteroatoms. The zero-order chi connectivity index (χ0) is 15.5. The van der Waals surface area contributed by atoms with Crippen molar-refractivity contribution < 1.29 is 13.5 Å². The molecule has 0 bridgehead atoms. The third-order valence-corrected chi connectivity index (χ3v) is 4.72. The summed E-state index contributed by atoms with van der Waals surface area (Å²) < 4.78 is 26.9. The van der Waals surface area contributed by atoms with Crippen LogP contribution in [0.2, 0.25) is 0 Å². The lowest BCUT2D eigenvalue weighted by Gasteiger charge is -2.07. The third-order valence-electron chi connectivity index (χ3n) is 3.35. The Labute approximate surface area is 124 Å². The molecule has 0 atom stereocenters. The second-order valence-electron chi connectivity index (χ2n) is 4.79. The van der Waals surface area contributed by atoms with E-state index in [1.165, 1.54) is 5.56 Å². The molecular formula is C14H19N3O3S. The summed E-state index contributed by atoms with van der Waals surface area (Å²) in [5, 5.41) is 15.4. The number of benzene rings is 1. The van der Waals surface area contributed by atoms with Crippen molar-refractivity contribution in [3.63, 3.8) is 0 Å². The van der Waals surface area contributed by atoms with Crippen molar-refractivity contribution in [3.8, 4) is 0 Å². The maximum Gasteiger partial charge on any atom is 0.260 e. The van der Waals surface area contributed by atoms with E-state index in [0.717, 1.165) is 12.0 Å². The molecule has 0 radical (unpaired) electrons. The molecule has 0 aliphatic heterocycles. The van der Waals surface area contributed by atoms with Crippen molar-refractivity contribution in [3.05, 3.63) is 46.6 Å². The second-order valence-corrected chi connectivity index (χ2v) is 6.47. The molecule has 6 nitrogen and oxygen atoms in total. The van der Waals surface area contributed by atoms with Crippen LogP contribution in [0.4, 0.5) is 0 Å². The molecule has 0 fully saturated rings. The van der Waals surface area contributed by atoms with Gasteiger partial charge in [0.05, 0.1) is 6.61 Å². The lowest BCUT2D eigenvalue weighted by atomic mass is 10.1. The van der Waals surface area contributed by atoms with Crippen molar-refractivity contribution >= 4 is 10.0 Å². The summed E-state index contributed by atoms with van der Waals surface area (Å²) in [4.78, 5) is 0. The SMILES string of the molecule is CCc1ccc(CNS(=O)(=O)c2n[nH]c(C)c2CO)cc1. The number of nitrogens with one attached hydrogen (secondary N) is 2. The Kier molecular flexibility index (Phi) is 4.76. The molecule has 0 spiro atoms. The van der Waals surface area contributed by atoms with Crippen LogP contribution >= 0.6 is 0 Å². The molecule has 21 heavy (non-hydrogen) atoms. The van der Waals surface area contributed by atoms with Gasteiger partial charge in [0, 0.05) is 17.8 Å². The van der Waals surface area contributed by atoms with Gasteiger partial charge in [-0.15, -0.1) is 0 Å². The number of aryl methyl sites for hydroxylation is 2. The van der Waals surface area contributed by atoms with Crippen LogP contribution in [0.1, 0.15) is 29.3 Å². The van der Waals surface area contributed by atoms with E-state index in [2.05, 4.69) is 21.8 Å². The van der Waals surface area contributed by atoms with E-state index in [4.69, 9.17) is 0 Å². The highest BCUT2D eigenvalue weighted by Crippen LogP contribution is 2.16. The molecule has 0 saturated carbocycles. The molecule has 114 valence electrons. The van der Waals surface area contributed by atoms with E-state index in [1.807, 2.05) is 24.3 Å². The Morgan fingerprint density at radius 1 is 1.24 bits per heavy atom. The molecular weight excluding hydrogens is 290 g/mol. The number of aromatic amines is 1. The molecule has 0 aliphatic rings. The van der Waals surface area contributed by atoms with E-state index in [-0.39, 0.29) is 18.2 Å². The highest BCUT2D eigenvalue weighted by atomic mass is 32.2. The minimum atomic E-state index is -3.75. The zero-order valence-electron chi connectivity index (χ0n) is 12.0. The first-order valence-corrected chi connectivity index (χ1v) is 8.18. The average Bonchev–Trinajstić information content (AvgIpc) is 2.87. The van der Waals surface area contributed by atoms with E-state index < -0.39 is 10.0 Å².